The first-order chi connectivity index (χ1) is 8.80. The summed E-state index contributed by atoms with van der Waals surface area (Å²) in [5.41, 5.74) is -5.35. The summed E-state index contributed by atoms with van der Waals surface area (Å²) in [6.07, 6.45) is 1.34. The number of halogens is 4. The van der Waals surface area contributed by atoms with Gasteiger partial charge in [-0.2, -0.15) is 13.2 Å². The van der Waals surface area contributed by atoms with Crippen LogP contribution in [0.15, 0.2) is 29.2 Å². The molecule has 0 radical (unpaired) electrons. The lowest BCUT2D eigenvalue weighted by molar-refractivity contribution is -0.0435. The van der Waals surface area contributed by atoms with Gasteiger partial charge in [-0.05, 0) is 25.0 Å². The zero-order valence-corrected chi connectivity index (χ0v) is 11.4. The molecule has 0 aliphatic rings. The number of nitrogens with one attached hydrogen (secondary N) is 1. The van der Waals surface area contributed by atoms with Gasteiger partial charge in [0, 0.05) is 12.4 Å². The maximum Gasteiger partial charge on any atom is 0.501 e. The van der Waals surface area contributed by atoms with Crippen LogP contribution in [0.2, 0.25) is 0 Å². The second kappa shape index (κ2) is 6.47. The molecule has 1 aromatic rings. The summed E-state index contributed by atoms with van der Waals surface area (Å²) >= 11 is 5.47. The van der Waals surface area contributed by atoms with E-state index in [0.29, 0.717) is 25.3 Å². The van der Waals surface area contributed by atoms with E-state index in [0.717, 1.165) is 6.07 Å². The molecule has 0 atom stereocenters. The maximum atomic E-state index is 12.5. The van der Waals surface area contributed by atoms with Crippen molar-refractivity contribution in [3.8, 4) is 0 Å². The minimum absolute atomic E-state index is 0.0469. The third kappa shape index (κ3) is 4.01. The van der Waals surface area contributed by atoms with Crippen molar-refractivity contribution in [2.45, 2.75) is 23.2 Å². The molecule has 19 heavy (non-hydrogen) atoms. The number of anilines is 1. The van der Waals surface area contributed by atoms with Crippen molar-refractivity contribution in [3.63, 3.8) is 0 Å². The molecule has 1 aromatic carbocycles. The summed E-state index contributed by atoms with van der Waals surface area (Å²) in [7, 11) is -5.34. The lowest BCUT2D eigenvalue weighted by atomic mass is 10.3. The zero-order valence-electron chi connectivity index (χ0n) is 9.87. The molecule has 0 aliphatic heterocycles. The molecule has 0 spiro atoms. The van der Waals surface area contributed by atoms with Crippen LogP contribution in [0.4, 0.5) is 18.9 Å². The Morgan fingerprint density at radius 1 is 1.16 bits per heavy atom. The van der Waals surface area contributed by atoms with Gasteiger partial charge in [-0.1, -0.05) is 12.1 Å². The van der Waals surface area contributed by atoms with Gasteiger partial charge in [0.05, 0.1) is 10.6 Å². The van der Waals surface area contributed by atoms with Crippen LogP contribution in [0.1, 0.15) is 12.8 Å². The highest BCUT2D eigenvalue weighted by Gasteiger charge is 2.47. The Morgan fingerprint density at radius 2 is 1.79 bits per heavy atom. The highest BCUT2D eigenvalue weighted by molar-refractivity contribution is 7.92. The van der Waals surface area contributed by atoms with Crippen LogP contribution in [-0.4, -0.2) is 26.4 Å². The predicted octanol–water partition coefficient (Wildman–Crippen LogP) is 3.41. The molecule has 3 nitrogen and oxygen atoms in total. The third-order valence-corrected chi connectivity index (χ3v) is 4.17. The van der Waals surface area contributed by atoms with E-state index in [1.54, 1.807) is 0 Å². The first-order valence-electron chi connectivity index (χ1n) is 5.51. The summed E-state index contributed by atoms with van der Waals surface area (Å²) < 4.78 is 60.3. The minimum Gasteiger partial charge on any atom is -0.384 e. The molecule has 0 saturated carbocycles. The molecule has 8 heteroatoms. The Labute approximate surface area is 114 Å². The Bertz CT molecular complexity index is 517. The summed E-state index contributed by atoms with van der Waals surface area (Å²) in [5.74, 6) is 0.449. The second-order valence-electron chi connectivity index (χ2n) is 3.77. The van der Waals surface area contributed by atoms with Gasteiger partial charge >= 0.3 is 5.51 Å². The van der Waals surface area contributed by atoms with E-state index in [1.165, 1.54) is 18.2 Å². The molecule has 1 rings (SSSR count). The van der Waals surface area contributed by atoms with E-state index >= 15 is 0 Å². The SMILES string of the molecule is O=S(=O)(c1ccccc1NCCCCCl)C(F)(F)F. The summed E-state index contributed by atoms with van der Waals surface area (Å²) in [5, 5.41) is 2.69. The Balaban J connectivity index is 2.97. The molecule has 1 N–H and O–H groups in total. The van der Waals surface area contributed by atoms with E-state index in [4.69, 9.17) is 11.6 Å². The standard InChI is InChI=1S/C11H13ClF3NO2S/c12-7-3-4-8-16-9-5-1-2-6-10(9)19(17,18)11(13,14)15/h1-2,5-6,16H,3-4,7-8H2. The highest BCUT2D eigenvalue weighted by atomic mass is 35.5. The maximum absolute atomic E-state index is 12.5. The summed E-state index contributed by atoms with van der Waals surface area (Å²) in [6.45, 7) is 0.358. The van der Waals surface area contributed by atoms with E-state index in [1.807, 2.05) is 0 Å². The fraction of sp³-hybridized carbons (Fsp3) is 0.455. The van der Waals surface area contributed by atoms with Crippen LogP contribution in [0.3, 0.4) is 0 Å². The van der Waals surface area contributed by atoms with Crippen molar-refractivity contribution >= 4 is 27.1 Å². The van der Waals surface area contributed by atoms with Crippen molar-refractivity contribution < 1.29 is 21.6 Å². The molecule has 0 aromatic heterocycles. The summed E-state index contributed by atoms with van der Waals surface area (Å²) in [4.78, 5) is -0.756. The van der Waals surface area contributed by atoms with Crippen LogP contribution in [0.25, 0.3) is 0 Å². The van der Waals surface area contributed by atoms with Crippen molar-refractivity contribution in [2.75, 3.05) is 17.7 Å². The van der Waals surface area contributed by atoms with Crippen molar-refractivity contribution in [1.29, 1.82) is 0 Å². The number of hydrogen-bond acceptors (Lipinski definition) is 3. The van der Waals surface area contributed by atoms with Gasteiger partial charge < -0.3 is 5.32 Å². The lowest BCUT2D eigenvalue weighted by Gasteiger charge is -2.13. The van der Waals surface area contributed by atoms with E-state index in [2.05, 4.69) is 5.32 Å². The van der Waals surface area contributed by atoms with Crippen LogP contribution in [-0.2, 0) is 9.84 Å². The zero-order chi connectivity index (χ0) is 14.5. The fourth-order valence-corrected chi connectivity index (χ4v) is 2.54. The van der Waals surface area contributed by atoms with Gasteiger partial charge in [-0.25, -0.2) is 8.42 Å². The Kier molecular flexibility index (Phi) is 5.49. The van der Waals surface area contributed by atoms with Crippen molar-refractivity contribution in [3.05, 3.63) is 24.3 Å². The monoisotopic (exact) mass is 315 g/mol. The molecular weight excluding hydrogens is 303 g/mol. The lowest BCUT2D eigenvalue weighted by Crippen LogP contribution is -2.24. The molecule has 108 valence electrons. The van der Waals surface area contributed by atoms with Gasteiger partial charge in [0.1, 0.15) is 0 Å². The number of unbranched alkanes of at least 4 members (excludes halogenated alkanes) is 1. The van der Waals surface area contributed by atoms with Gasteiger partial charge in [0.2, 0.25) is 0 Å². The topological polar surface area (TPSA) is 46.2 Å². The Hall–Kier alpha value is -0.950. The Morgan fingerprint density at radius 3 is 2.37 bits per heavy atom. The average molecular weight is 316 g/mol. The number of rotatable bonds is 6. The molecule has 0 fully saturated rings. The first kappa shape index (κ1) is 16.1. The molecular formula is C11H13ClF3NO2S. The second-order valence-corrected chi connectivity index (χ2v) is 6.06. The van der Waals surface area contributed by atoms with E-state index < -0.39 is 20.2 Å². The van der Waals surface area contributed by atoms with Crippen molar-refractivity contribution in [2.24, 2.45) is 0 Å². The average Bonchev–Trinajstić information content (AvgIpc) is 2.34. The molecule has 0 amide bonds. The van der Waals surface area contributed by atoms with Crippen molar-refractivity contribution in [1.82, 2.24) is 0 Å². The normalized spacial score (nSPS) is 12.4. The number of hydrogen-bond donors (Lipinski definition) is 1. The predicted molar refractivity (Wildman–Crippen MR) is 68.1 cm³/mol. The van der Waals surface area contributed by atoms with Crippen LogP contribution >= 0.6 is 11.6 Å². The highest BCUT2D eigenvalue weighted by Crippen LogP contribution is 2.34. The quantitative estimate of drug-likeness (QED) is 0.646. The molecule has 0 aliphatic carbocycles. The van der Waals surface area contributed by atoms with Gasteiger partial charge in [0.15, 0.2) is 0 Å². The minimum atomic E-state index is -5.34. The molecule has 0 unspecified atom stereocenters. The number of sulfone groups is 1. The molecule has 0 heterocycles. The van der Waals surface area contributed by atoms with Gasteiger partial charge in [-0.15, -0.1) is 11.6 Å². The first-order valence-corrected chi connectivity index (χ1v) is 7.52. The third-order valence-electron chi connectivity index (χ3n) is 2.36. The molecule has 0 bridgehead atoms. The smallest absolute Gasteiger partial charge is 0.384 e. The van der Waals surface area contributed by atoms with E-state index in [9.17, 15) is 21.6 Å². The largest absolute Gasteiger partial charge is 0.501 e. The summed E-state index contributed by atoms with van der Waals surface area (Å²) in [6, 6.07) is 4.97. The van der Waals surface area contributed by atoms with E-state index in [-0.39, 0.29) is 5.69 Å². The number of benzene rings is 1. The van der Waals surface area contributed by atoms with Crippen LogP contribution in [0, 0.1) is 0 Å². The van der Waals surface area contributed by atoms with Crippen LogP contribution < -0.4 is 5.32 Å². The van der Waals surface area contributed by atoms with Gasteiger partial charge in [0.25, 0.3) is 9.84 Å². The fourth-order valence-electron chi connectivity index (χ4n) is 1.41. The number of para-hydroxylation sites is 1. The van der Waals surface area contributed by atoms with Crippen LogP contribution in [0.5, 0.6) is 0 Å². The van der Waals surface area contributed by atoms with Gasteiger partial charge in [-0.3, -0.25) is 0 Å². The molecule has 0 saturated heterocycles. The number of alkyl halides is 4.